The Morgan fingerprint density at radius 3 is 2.50 bits per heavy atom. The lowest BCUT2D eigenvalue weighted by Crippen LogP contribution is -2.24. The van der Waals surface area contributed by atoms with Gasteiger partial charge < -0.3 is 9.90 Å². The molecule has 0 radical (unpaired) electrons. The molecule has 3 rings (SSSR count). The van der Waals surface area contributed by atoms with E-state index in [0.29, 0.717) is 28.1 Å². The van der Waals surface area contributed by atoms with Gasteiger partial charge in [-0.25, -0.2) is 0 Å². The van der Waals surface area contributed by atoms with Crippen LogP contribution in [0.15, 0.2) is 65.3 Å². The van der Waals surface area contributed by atoms with Crippen LogP contribution in [-0.2, 0) is 16.0 Å². The molecule has 2 aromatic rings. The van der Waals surface area contributed by atoms with Gasteiger partial charge in [0.2, 0.25) is 0 Å². The van der Waals surface area contributed by atoms with Gasteiger partial charge in [-0.15, -0.1) is 0 Å². The topological polar surface area (TPSA) is 72.8 Å². The van der Waals surface area contributed by atoms with E-state index in [9.17, 15) is 14.7 Å². The minimum Gasteiger partial charge on any atom is -0.550 e. The van der Waals surface area contributed by atoms with Gasteiger partial charge in [-0.3, -0.25) is 4.79 Å². The van der Waals surface area contributed by atoms with Crippen LogP contribution in [0.5, 0.6) is 0 Å². The van der Waals surface area contributed by atoms with Crippen LogP contribution in [-0.4, -0.2) is 17.6 Å². The number of amides is 1. The number of hydrogen-bond acceptors (Lipinski definition) is 4. The normalized spacial score (nSPS) is 15.7. The molecule has 0 aromatic heterocycles. The molecule has 0 aliphatic carbocycles. The van der Waals surface area contributed by atoms with E-state index in [1.54, 1.807) is 37.3 Å². The zero-order valence-electron chi connectivity index (χ0n) is 13.1. The van der Waals surface area contributed by atoms with Crippen LogP contribution in [0.25, 0.3) is 6.08 Å². The summed E-state index contributed by atoms with van der Waals surface area (Å²) in [6, 6.07) is 16.2. The Hall–Kier alpha value is -3.21. The van der Waals surface area contributed by atoms with E-state index in [0.717, 1.165) is 0 Å². The fraction of sp³-hybridized carbons (Fsp3) is 0.105. The number of hydrazone groups is 1. The summed E-state index contributed by atoms with van der Waals surface area (Å²) in [5.74, 6) is -1.39. The van der Waals surface area contributed by atoms with E-state index in [1.165, 1.54) is 5.01 Å². The number of aliphatic carboxylic acids is 1. The monoisotopic (exact) mass is 319 g/mol. The lowest BCUT2D eigenvalue weighted by molar-refractivity contribution is -0.304. The van der Waals surface area contributed by atoms with Gasteiger partial charge in [0, 0.05) is 12.4 Å². The molecule has 1 aliphatic heterocycles. The van der Waals surface area contributed by atoms with Crippen molar-refractivity contribution in [1.82, 2.24) is 0 Å². The number of carbonyl (C=O) groups excluding carboxylic acids is 2. The fourth-order valence-electron chi connectivity index (χ4n) is 2.58. The summed E-state index contributed by atoms with van der Waals surface area (Å²) in [7, 11) is 0. The van der Waals surface area contributed by atoms with Crippen LogP contribution in [0.1, 0.15) is 18.1 Å². The van der Waals surface area contributed by atoms with Gasteiger partial charge in [0.05, 0.1) is 17.0 Å². The Morgan fingerprint density at radius 1 is 1.12 bits per heavy atom. The molecule has 120 valence electrons. The Kier molecular flexibility index (Phi) is 4.24. The third-order valence-corrected chi connectivity index (χ3v) is 3.75. The molecule has 0 bridgehead atoms. The molecule has 1 aliphatic rings. The van der Waals surface area contributed by atoms with E-state index in [4.69, 9.17) is 0 Å². The van der Waals surface area contributed by atoms with Crippen molar-refractivity contribution < 1.29 is 14.7 Å². The summed E-state index contributed by atoms with van der Waals surface area (Å²) in [4.78, 5) is 23.6. The molecular weight excluding hydrogens is 304 g/mol. The lowest BCUT2D eigenvalue weighted by atomic mass is 10.0. The highest BCUT2D eigenvalue weighted by atomic mass is 16.4. The predicted octanol–water partition coefficient (Wildman–Crippen LogP) is 1.79. The largest absolute Gasteiger partial charge is 0.550 e. The summed E-state index contributed by atoms with van der Waals surface area (Å²) in [6.45, 7) is 1.76. The summed E-state index contributed by atoms with van der Waals surface area (Å²) < 4.78 is 0. The number of anilines is 1. The van der Waals surface area contributed by atoms with E-state index >= 15 is 0 Å². The molecule has 0 unspecified atom stereocenters. The summed E-state index contributed by atoms with van der Waals surface area (Å²) in [5, 5.41) is 16.6. The van der Waals surface area contributed by atoms with Crippen molar-refractivity contribution in [2.45, 2.75) is 13.3 Å². The van der Waals surface area contributed by atoms with Gasteiger partial charge in [-0.2, -0.15) is 10.1 Å². The number of para-hydroxylation sites is 1. The van der Waals surface area contributed by atoms with Crippen molar-refractivity contribution in [2.75, 3.05) is 5.01 Å². The first kappa shape index (κ1) is 15.7. The van der Waals surface area contributed by atoms with Crippen molar-refractivity contribution in [2.24, 2.45) is 5.10 Å². The second kappa shape index (κ2) is 6.50. The molecule has 2 aromatic carbocycles. The Bertz CT molecular complexity index is 854. The molecule has 0 saturated carbocycles. The van der Waals surface area contributed by atoms with Crippen molar-refractivity contribution >= 4 is 29.4 Å². The van der Waals surface area contributed by atoms with Gasteiger partial charge in [0.1, 0.15) is 0 Å². The summed E-state index contributed by atoms with van der Waals surface area (Å²) in [6.07, 6.45) is 1.48. The smallest absolute Gasteiger partial charge is 0.280 e. The summed E-state index contributed by atoms with van der Waals surface area (Å²) >= 11 is 0. The van der Waals surface area contributed by atoms with E-state index in [1.807, 2.05) is 30.3 Å². The Labute approximate surface area is 139 Å². The van der Waals surface area contributed by atoms with Crippen molar-refractivity contribution in [3.63, 3.8) is 0 Å². The number of rotatable bonds is 4. The van der Waals surface area contributed by atoms with Gasteiger partial charge in [0.25, 0.3) is 5.91 Å². The zero-order chi connectivity index (χ0) is 17.1. The molecule has 0 spiro atoms. The highest BCUT2D eigenvalue weighted by Gasteiger charge is 2.28. The first-order chi connectivity index (χ1) is 11.6. The number of benzene rings is 2. The fourth-order valence-corrected chi connectivity index (χ4v) is 2.58. The zero-order valence-corrected chi connectivity index (χ0v) is 13.1. The molecule has 0 atom stereocenters. The average molecular weight is 319 g/mol. The number of carbonyl (C=O) groups is 2. The first-order valence-electron chi connectivity index (χ1n) is 7.51. The van der Waals surface area contributed by atoms with Crippen molar-refractivity contribution in [1.29, 1.82) is 0 Å². The number of carboxylic acid groups (broad SMARTS) is 1. The molecule has 24 heavy (non-hydrogen) atoms. The number of hydrogen-bond donors (Lipinski definition) is 0. The van der Waals surface area contributed by atoms with Crippen LogP contribution in [0.2, 0.25) is 0 Å². The molecule has 1 heterocycles. The van der Waals surface area contributed by atoms with Crippen molar-refractivity contribution in [3.05, 3.63) is 71.3 Å². The second-order valence-corrected chi connectivity index (χ2v) is 5.44. The SMILES string of the molecule is CC1=NN(c2ccccc2)C(=O)/C1=C\c1ccccc1CC(=O)[O-]. The van der Waals surface area contributed by atoms with Gasteiger partial charge in [0.15, 0.2) is 0 Å². The Morgan fingerprint density at radius 2 is 1.79 bits per heavy atom. The minimum absolute atomic E-state index is 0.202. The molecule has 0 saturated heterocycles. The molecule has 1 amide bonds. The van der Waals surface area contributed by atoms with Crippen LogP contribution in [0.4, 0.5) is 5.69 Å². The third-order valence-electron chi connectivity index (χ3n) is 3.75. The minimum atomic E-state index is -1.16. The molecule has 0 N–H and O–H groups in total. The third kappa shape index (κ3) is 3.10. The Balaban J connectivity index is 1.96. The number of nitrogens with zero attached hydrogens (tertiary/aromatic N) is 2. The van der Waals surface area contributed by atoms with Crippen LogP contribution in [0.3, 0.4) is 0 Å². The molecule has 5 heteroatoms. The first-order valence-corrected chi connectivity index (χ1v) is 7.51. The highest BCUT2D eigenvalue weighted by molar-refractivity contribution is 6.32. The van der Waals surface area contributed by atoms with Crippen LogP contribution < -0.4 is 10.1 Å². The maximum Gasteiger partial charge on any atom is 0.280 e. The quantitative estimate of drug-likeness (QED) is 0.806. The van der Waals surface area contributed by atoms with Gasteiger partial charge in [-0.05, 0) is 36.3 Å². The van der Waals surface area contributed by atoms with Crippen LogP contribution in [0, 0.1) is 0 Å². The van der Waals surface area contributed by atoms with E-state index in [-0.39, 0.29) is 12.3 Å². The maximum atomic E-state index is 12.7. The van der Waals surface area contributed by atoms with E-state index in [2.05, 4.69) is 5.10 Å². The van der Waals surface area contributed by atoms with E-state index < -0.39 is 5.97 Å². The highest BCUT2D eigenvalue weighted by Crippen LogP contribution is 2.25. The molecule has 5 nitrogen and oxygen atoms in total. The van der Waals surface area contributed by atoms with Crippen molar-refractivity contribution in [3.8, 4) is 0 Å². The predicted molar refractivity (Wildman–Crippen MR) is 90.2 cm³/mol. The standard InChI is InChI=1S/C19H16N2O3/c1-13-17(11-14-7-5-6-8-15(14)12-18(22)23)19(24)21(20-13)16-9-3-2-4-10-16/h2-11H,12H2,1H3,(H,22,23)/p-1/b17-11-. The second-order valence-electron chi connectivity index (χ2n) is 5.44. The lowest BCUT2D eigenvalue weighted by Gasteiger charge is -2.11. The average Bonchev–Trinajstić information content (AvgIpc) is 2.85. The maximum absolute atomic E-state index is 12.7. The molecule has 0 fully saturated rings. The van der Waals surface area contributed by atoms with Gasteiger partial charge in [-0.1, -0.05) is 42.5 Å². The number of carboxylic acids is 1. The molecular formula is C19H15N2O3-. The van der Waals surface area contributed by atoms with Gasteiger partial charge >= 0.3 is 0 Å². The van der Waals surface area contributed by atoms with Crippen LogP contribution >= 0.6 is 0 Å². The summed E-state index contributed by atoms with van der Waals surface area (Å²) in [5.41, 5.74) is 3.00.